The van der Waals surface area contributed by atoms with Crippen molar-refractivity contribution in [2.75, 3.05) is 0 Å². The van der Waals surface area contributed by atoms with E-state index in [2.05, 4.69) is 41.9 Å². The lowest BCUT2D eigenvalue weighted by Gasteiger charge is -2.10. The lowest BCUT2D eigenvalue weighted by Crippen LogP contribution is -2.22. The fraction of sp³-hybridized carbons (Fsp3) is 0.125. The Kier molecular flexibility index (Phi) is 7.63. The molecule has 0 aliphatic rings. The molecule has 0 unspecified atom stereocenters. The predicted octanol–water partition coefficient (Wildman–Crippen LogP) is 6.51. The van der Waals surface area contributed by atoms with E-state index < -0.39 is 4.92 Å². The maximum Gasteiger partial charge on any atom is 0.313 e. The van der Waals surface area contributed by atoms with Gasteiger partial charge in [0, 0.05) is 27.0 Å². The Hall–Kier alpha value is -3.08. The van der Waals surface area contributed by atoms with Crippen molar-refractivity contribution in [2.24, 2.45) is 5.10 Å². The second-order valence-electron chi connectivity index (χ2n) is 7.43. The van der Waals surface area contributed by atoms with Crippen molar-refractivity contribution in [1.29, 1.82) is 0 Å². The largest absolute Gasteiger partial charge is 0.481 e. The van der Waals surface area contributed by atoms with Gasteiger partial charge in [0.2, 0.25) is 5.75 Å². The standard InChI is InChI=1S/C24H17Br2ClN4O4/c1-2-22-29-20-8-7-17(26)11-18(20)24(32)30(22)28-12-15-9-19(27)23(21(10-15)31(33)34)35-13-14-3-5-16(25)6-4-14/h3-12H,2,13H2,1H3. The summed E-state index contributed by atoms with van der Waals surface area (Å²) < 4.78 is 8.52. The molecular weight excluding hydrogens is 604 g/mol. The van der Waals surface area contributed by atoms with Crippen molar-refractivity contribution in [2.45, 2.75) is 20.0 Å². The molecule has 0 bridgehead atoms. The number of ether oxygens (including phenoxy) is 1. The molecule has 0 aliphatic carbocycles. The fourth-order valence-electron chi connectivity index (χ4n) is 3.36. The lowest BCUT2D eigenvalue weighted by atomic mass is 10.2. The Morgan fingerprint density at radius 1 is 1.14 bits per heavy atom. The highest BCUT2D eigenvalue weighted by Gasteiger charge is 2.21. The van der Waals surface area contributed by atoms with Gasteiger partial charge in [-0.2, -0.15) is 9.78 Å². The minimum absolute atomic E-state index is 0.0413. The fourth-order valence-corrected chi connectivity index (χ4v) is 4.26. The first kappa shape index (κ1) is 25.0. The Balaban J connectivity index is 1.69. The van der Waals surface area contributed by atoms with E-state index in [1.54, 1.807) is 12.1 Å². The second kappa shape index (κ2) is 10.7. The number of nitro benzene ring substituents is 1. The number of nitrogens with zero attached hydrogens (tertiary/aromatic N) is 4. The Morgan fingerprint density at radius 2 is 1.86 bits per heavy atom. The van der Waals surface area contributed by atoms with Crippen molar-refractivity contribution in [3.8, 4) is 5.75 Å². The summed E-state index contributed by atoms with van der Waals surface area (Å²) >= 11 is 13.1. The van der Waals surface area contributed by atoms with Crippen molar-refractivity contribution >= 4 is 66.3 Å². The zero-order valence-electron chi connectivity index (χ0n) is 18.2. The summed E-state index contributed by atoms with van der Waals surface area (Å²) in [5.41, 5.74) is 1.07. The number of hydrogen-bond acceptors (Lipinski definition) is 6. The van der Waals surface area contributed by atoms with Crippen LogP contribution in [0.5, 0.6) is 5.75 Å². The quantitative estimate of drug-likeness (QED) is 0.133. The Morgan fingerprint density at radius 3 is 2.54 bits per heavy atom. The van der Waals surface area contributed by atoms with E-state index in [0.29, 0.717) is 28.7 Å². The summed E-state index contributed by atoms with van der Waals surface area (Å²) in [6, 6.07) is 15.4. The predicted molar refractivity (Wildman–Crippen MR) is 143 cm³/mol. The summed E-state index contributed by atoms with van der Waals surface area (Å²) in [7, 11) is 0. The van der Waals surface area contributed by atoms with Crippen molar-refractivity contribution in [3.05, 3.63) is 106 Å². The zero-order chi connectivity index (χ0) is 25.1. The van der Waals surface area contributed by atoms with Gasteiger partial charge in [-0.25, -0.2) is 4.98 Å². The first-order valence-electron chi connectivity index (χ1n) is 10.4. The zero-order valence-corrected chi connectivity index (χ0v) is 22.2. The van der Waals surface area contributed by atoms with Gasteiger partial charge >= 0.3 is 5.69 Å². The third kappa shape index (κ3) is 5.61. The van der Waals surface area contributed by atoms with Crippen LogP contribution in [0.15, 0.2) is 73.4 Å². The monoisotopic (exact) mass is 618 g/mol. The number of rotatable bonds is 7. The molecule has 4 rings (SSSR count). The van der Waals surface area contributed by atoms with Crippen LogP contribution >= 0.6 is 43.5 Å². The Bertz CT molecular complexity index is 1520. The van der Waals surface area contributed by atoms with Crippen LogP contribution in [0.1, 0.15) is 23.9 Å². The van der Waals surface area contributed by atoms with Crippen LogP contribution in [-0.4, -0.2) is 20.8 Å². The number of aryl methyl sites for hydroxylation is 1. The van der Waals surface area contributed by atoms with E-state index in [9.17, 15) is 14.9 Å². The molecule has 1 heterocycles. The molecule has 0 saturated carbocycles. The van der Waals surface area contributed by atoms with Crippen LogP contribution in [0.3, 0.4) is 0 Å². The van der Waals surface area contributed by atoms with Gasteiger partial charge < -0.3 is 4.74 Å². The average molecular weight is 621 g/mol. The minimum Gasteiger partial charge on any atom is -0.481 e. The van der Waals surface area contributed by atoms with Crippen LogP contribution in [-0.2, 0) is 13.0 Å². The highest BCUT2D eigenvalue weighted by Crippen LogP contribution is 2.36. The lowest BCUT2D eigenvalue weighted by molar-refractivity contribution is -0.385. The summed E-state index contributed by atoms with van der Waals surface area (Å²) in [5.74, 6) is 0.413. The van der Waals surface area contributed by atoms with Crippen LogP contribution in [0.2, 0.25) is 5.02 Å². The van der Waals surface area contributed by atoms with E-state index in [0.717, 1.165) is 14.5 Å². The second-order valence-corrected chi connectivity index (χ2v) is 9.67. The molecule has 11 heteroatoms. The van der Waals surface area contributed by atoms with Crippen LogP contribution in [0.25, 0.3) is 10.9 Å². The molecule has 0 aliphatic heterocycles. The first-order valence-corrected chi connectivity index (χ1v) is 12.3. The van der Waals surface area contributed by atoms with Gasteiger partial charge in [-0.1, -0.05) is 62.5 Å². The molecule has 0 saturated heterocycles. The molecule has 3 aromatic carbocycles. The van der Waals surface area contributed by atoms with Gasteiger partial charge in [0.1, 0.15) is 12.4 Å². The van der Waals surface area contributed by atoms with Crippen molar-refractivity contribution in [3.63, 3.8) is 0 Å². The van der Waals surface area contributed by atoms with Crippen molar-refractivity contribution in [1.82, 2.24) is 9.66 Å². The van der Waals surface area contributed by atoms with Gasteiger partial charge in [-0.05, 0) is 42.0 Å². The van der Waals surface area contributed by atoms with E-state index in [-0.39, 0.29) is 28.6 Å². The topological polar surface area (TPSA) is 99.6 Å². The highest BCUT2D eigenvalue weighted by molar-refractivity contribution is 9.10. The van der Waals surface area contributed by atoms with E-state index in [1.807, 2.05) is 37.3 Å². The SMILES string of the molecule is CCc1nc2ccc(Br)cc2c(=O)n1N=Cc1cc(Cl)c(OCc2ccc(Br)cc2)c([N+](=O)[O-])c1. The number of halogens is 3. The molecule has 0 atom stereocenters. The average Bonchev–Trinajstić information content (AvgIpc) is 2.83. The van der Waals surface area contributed by atoms with Gasteiger partial charge in [0.05, 0.1) is 27.1 Å². The van der Waals surface area contributed by atoms with Crippen LogP contribution in [0.4, 0.5) is 5.69 Å². The molecule has 0 N–H and O–H groups in total. The van der Waals surface area contributed by atoms with Crippen molar-refractivity contribution < 1.29 is 9.66 Å². The smallest absolute Gasteiger partial charge is 0.313 e. The molecule has 35 heavy (non-hydrogen) atoms. The molecule has 0 amide bonds. The summed E-state index contributed by atoms with van der Waals surface area (Å²) in [4.78, 5) is 28.7. The van der Waals surface area contributed by atoms with Crippen LogP contribution < -0.4 is 10.3 Å². The number of benzene rings is 3. The van der Waals surface area contributed by atoms with E-state index in [1.165, 1.54) is 23.0 Å². The minimum atomic E-state index is -0.571. The number of hydrogen-bond donors (Lipinski definition) is 0. The Labute approximate surface area is 221 Å². The molecule has 178 valence electrons. The van der Waals surface area contributed by atoms with Crippen LogP contribution in [0, 0.1) is 10.1 Å². The first-order chi connectivity index (χ1) is 16.8. The number of aromatic nitrogens is 2. The maximum absolute atomic E-state index is 13.0. The molecular formula is C24H17Br2ClN4O4. The summed E-state index contributed by atoms with van der Waals surface area (Å²) in [5, 5.41) is 16.5. The normalized spacial score (nSPS) is 11.3. The van der Waals surface area contributed by atoms with Gasteiger partial charge in [-0.15, -0.1) is 0 Å². The van der Waals surface area contributed by atoms with Gasteiger partial charge in [0.15, 0.2) is 0 Å². The molecule has 1 aromatic heterocycles. The van der Waals surface area contributed by atoms with Gasteiger partial charge in [-0.3, -0.25) is 14.9 Å². The molecule has 0 spiro atoms. The summed E-state index contributed by atoms with van der Waals surface area (Å²) in [6.45, 7) is 1.96. The molecule has 0 fully saturated rings. The highest BCUT2D eigenvalue weighted by atomic mass is 79.9. The van der Waals surface area contributed by atoms with E-state index in [4.69, 9.17) is 16.3 Å². The molecule has 0 radical (unpaired) electrons. The summed E-state index contributed by atoms with van der Waals surface area (Å²) in [6.07, 6.45) is 1.80. The van der Waals surface area contributed by atoms with E-state index >= 15 is 0 Å². The molecule has 8 nitrogen and oxygen atoms in total. The third-order valence-electron chi connectivity index (χ3n) is 5.05. The van der Waals surface area contributed by atoms with Gasteiger partial charge in [0.25, 0.3) is 5.56 Å². The number of fused-ring (bicyclic) bond motifs is 1. The number of nitro groups is 1. The maximum atomic E-state index is 13.0. The molecule has 4 aromatic rings. The third-order valence-corrected chi connectivity index (χ3v) is 6.36.